The Balaban J connectivity index is 3.49. The standard InChI is InChI=1S/C24H48N2O2/c1-5-7-8-9-10-11-12-13-14-15-16-17-18-19-20-21-24(28)25-23(6-2)26(4)22(3)27/h13-14,22-23,27H,5-12,15-21H2,1-4H3,(H,25,28)/b14-13-. The number of carbonyl (C=O) groups is 1. The Labute approximate surface area is 175 Å². The van der Waals surface area contributed by atoms with Crippen molar-refractivity contribution in [3.63, 3.8) is 0 Å². The number of carbonyl (C=O) groups excluding carboxylic acids is 1. The monoisotopic (exact) mass is 396 g/mol. The van der Waals surface area contributed by atoms with E-state index in [1.54, 1.807) is 11.8 Å². The van der Waals surface area contributed by atoms with Gasteiger partial charge in [0.2, 0.25) is 5.91 Å². The first-order chi connectivity index (χ1) is 13.5. The number of nitrogens with one attached hydrogen (secondary N) is 1. The summed E-state index contributed by atoms with van der Waals surface area (Å²) in [4.78, 5) is 13.8. The van der Waals surface area contributed by atoms with Gasteiger partial charge in [0.25, 0.3) is 0 Å². The molecule has 1 amide bonds. The molecule has 2 N–H and O–H groups in total. The van der Waals surface area contributed by atoms with Crippen LogP contribution < -0.4 is 5.32 Å². The molecule has 0 aliphatic rings. The van der Waals surface area contributed by atoms with Crippen molar-refractivity contribution in [1.82, 2.24) is 10.2 Å². The third kappa shape index (κ3) is 16.1. The molecule has 0 aliphatic carbocycles. The number of aliphatic hydroxyl groups is 1. The van der Waals surface area contributed by atoms with Gasteiger partial charge in [-0.05, 0) is 52.5 Å². The number of allylic oxidation sites excluding steroid dienone is 2. The van der Waals surface area contributed by atoms with E-state index in [2.05, 4.69) is 24.4 Å². The van der Waals surface area contributed by atoms with Gasteiger partial charge in [0.15, 0.2) is 0 Å². The van der Waals surface area contributed by atoms with Crippen LogP contribution in [-0.2, 0) is 4.79 Å². The van der Waals surface area contributed by atoms with Crippen LogP contribution in [0, 0.1) is 0 Å². The fraction of sp³-hybridized carbons (Fsp3) is 0.875. The van der Waals surface area contributed by atoms with E-state index in [4.69, 9.17) is 0 Å². The van der Waals surface area contributed by atoms with Crippen LogP contribution >= 0.6 is 0 Å². The fourth-order valence-corrected chi connectivity index (χ4v) is 3.37. The van der Waals surface area contributed by atoms with Gasteiger partial charge in [-0.1, -0.05) is 77.4 Å². The maximum atomic E-state index is 12.0. The summed E-state index contributed by atoms with van der Waals surface area (Å²) in [6.45, 7) is 6.01. The molecule has 0 radical (unpaired) electrons. The lowest BCUT2D eigenvalue weighted by atomic mass is 10.1. The number of rotatable bonds is 19. The molecule has 2 atom stereocenters. The van der Waals surface area contributed by atoms with Crippen molar-refractivity contribution < 1.29 is 9.90 Å². The molecule has 0 aromatic rings. The molecule has 0 aromatic carbocycles. The Morgan fingerprint density at radius 2 is 1.39 bits per heavy atom. The number of nitrogens with zero attached hydrogens (tertiary/aromatic N) is 1. The van der Waals surface area contributed by atoms with Crippen molar-refractivity contribution >= 4 is 5.91 Å². The van der Waals surface area contributed by atoms with Crippen molar-refractivity contribution in [3.05, 3.63) is 12.2 Å². The summed E-state index contributed by atoms with van der Waals surface area (Å²) in [7, 11) is 1.83. The van der Waals surface area contributed by atoms with E-state index in [-0.39, 0.29) is 12.1 Å². The highest BCUT2D eigenvalue weighted by atomic mass is 16.3. The van der Waals surface area contributed by atoms with Crippen molar-refractivity contribution in [1.29, 1.82) is 0 Å². The molecule has 0 saturated heterocycles. The second-order valence-electron chi connectivity index (χ2n) is 8.12. The summed E-state index contributed by atoms with van der Waals surface area (Å²) in [6.07, 6.45) is 21.9. The number of hydrogen-bond acceptors (Lipinski definition) is 3. The molecule has 166 valence electrons. The van der Waals surface area contributed by atoms with E-state index < -0.39 is 6.23 Å². The second-order valence-corrected chi connectivity index (χ2v) is 8.12. The molecule has 0 bridgehead atoms. The van der Waals surface area contributed by atoms with Crippen LogP contribution in [0.1, 0.15) is 117 Å². The maximum absolute atomic E-state index is 12.0. The first-order valence-corrected chi connectivity index (χ1v) is 11.9. The highest BCUT2D eigenvalue weighted by molar-refractivity contribution is 5.76. The van der Waals surface area contributed by atoms with Gasteiger partial charge in [0, 0.05) is 6.42 Å². The Kier molecular flexibility index (Phi) is 18.8. The number of aliphatic hydroxyl groups excluding tert-OH is 1. The lowest BCUT2D eigenvalue weighted by Gasteiger charge is -2.30. The molecule has 28 heavy (non-hydrogen) atoms. The predicted molar refractivity (Wildman–Crippen MR) is 121 cm³/mol. The first kappa shape index (κ1) is 27.1. The van der Waals surface area contributed by atoms with Gasteiger partial charge in [0.05, 0.1) is 6.17 Å². The van der Waals surface area contributed by atoms with Gasteiger partial charge in [-0.2, -0.15) is 0 Å². The van der Waals surface area contributed by atoms with Crippen LogP contribution in [0.2, 0.25) is 0 Å². The molecule has 0 spiro atoms. The Bertz CT molecular complexity index is 383. The Morgan fingerprint density at radius 1 is 0.893 bits per heavy atom. The first-order valence-electron chi connectivity index (χ1n) is 11.9. The number of amides is 1. The van der Waals surface area contributed by atoms with Crippen LogP contribution in [-0.4, -0.2) is 35.4 Å². The van der Waals surface area contributed by atoms with Crippen molar-refractivity contribution in [2.75, 3.05) is 7.05 Å². The summed E-state index contributed by atoms with van der Waals surface area (Å²) in [5.41, 5.74) is 0. The molecule has 0 rings (SSSR count). The molecule has 0 fully saturated rings. The van der Waals surface area contributed by atoms with Crippen LogP contribution in [0.25, 0.3) is 0 Å². The predicted octanol–water partition coefficient (Wildman–Crippen LogP) is 6.15. The summed E-state index contributed by atoms with van der Waals surface area (Å²) in [5, 5.41) is 12.6. The molecule has 0 saturated carbocycles. The zero-order valence-electron chi connectivity index (χ0n) is 19.2. The van der Waals surface area contributed by atoms with Crippen LogP contribution in [0.3, 0.4) is 0 Å². The SMILES string of the molecule is CCCCCCCC/C=C\CCCCCCCC(=O)NC(CC)N(C)C(C)O. The maximum Gasteiger partial charge on any atom is 0.221 e. The Morgan fingerprint density at radius 3 is 1.89 bits per heavy atom. The highest BCUT2D eigenvalue weighted by Gasteiger charge is 2.18. The van der Waals surface area contributed by atoms with Crippen molar-refractivity contribution in [2.24, 2.45) is 0 Å². The molecule has 4 nitrogen and oxygen atoms in total. The van der Waals surface area contributed by atoms with Gasteiger partial charge in [0.1, 0.15) is 6.23 Å². The van der Waals surface area contributed by atoms with E-state index in [0.29, 0.717) is 6.42 Å². The topological polar surface area (TPSA) is 52.6 Å². The average Bonchev–Trinajstić information content (AvgIpc) is 2.68. The number of hydrogen-bond donors (Lipinski definition) is 2. The molecule has 0 aromatic heterocycles. The average molecular weight is 397 g/mol. The van der Waals surface area contributed by atoms with E-state index in [0.717, 1.165) is 19.3 Å². The quantitative estimate of drug-likeness (QED) is 0.156. The van der Waals surface area contributed by atoms with Crippen LogP contribution in [0.4, 0.5) is 0 Å². The largest absolute Gasteiger partial charge is 0.379 e. The minimum Gasteiger partial charge on any atom is -0.379 e. The molecular formula is C24H48N2O2. The Hall–Kier alpha value is -0.870. The molecule has 0 aliphatic heterocycles. The van der Waals surface area contributed by atoms with E-state index >= 15 is 0 Å². The lowest BCUT2D eigenvalue weighted by Crippen LogP contribution is -2.49. The normalized spacial score (nSPS) is 13.9. The van der Waals surface area contributed by atoms with Gasteiger partial charge in [-0.15, -0.1) is 0 Å². The van der Waals surface area contributed by atoms with Crippen LogP contribution in [0.15, 0.2) is 12.2 Å². The van der Waals surface area contributed by atoms with E-state index in [1.165, 1.54) is 70.6 Å². The molecule has 4 heteroatoms. The summed E-state index contributed by atoms with van der Waals surface area (Å²) in [6, 6.07) is 0. The second kappa shape index (κ2) is 19.4. The minimum atomic E-state index is -0.551. The molecular weight excluding hydrogens is 348 g/mol. The van der Waals surface area contributed by atoms with E-state index in [1.807, 2.05) is 14.0 Å². The van der Waals surface area contributed by atoms with Crippen molar-refractivity contribution in [3.8, 4) is 0 Å². The molecule has 0 heterocycles. The van der Waals surface area contributed by atoms with E-state index in [9.17, 15) is 9.90 Å². The molecule has 2 unspecified atom stereocenters. The van der Waals surface area contributed by atoms with Gasteiger partial charge in [-0.25, -0.2) is 0 Å². The third-order valence-electron chi connectivity index (χ3n) is 5.46. The summed E-state index contributed by atoms with van der Waals surface area (Å²) >= 11 is 0. The third-order valence-corrected chi connectivity index (χ3v) is 5.46. The van der Waals surface area contributed by atoms with Crippen molar-refractivity contribution in [2.45, 2.75) is 129 Å². The zero-order chi connectivity index (χ0) is 21.0. The van der Waals surface area contributed by atoms with Gasteiger partial charge in [-0.3, -0.25) is 9.69 Å². The number of unbranched alkanes of at least 4 members (excludes halogenated alkanes) is 11. The summed E-state index contributed by atoms with van der Waals surface area (Å²) in [5.74, 6) is 0.0944. The highest BCUT2D eigenvalue weighted by Crippen LogP contribution is 2.10. The smallest absolute Gasteiger partial charge is 0.221 e. The van der Waals surface area contributed by atoms with Gasteiger partial charge < -0.3 is 10.4 Å². The van der Waals surface area contributed by atoms with Gasteiger partial charge >= 0.3 is 0 Å². The van der Waals surface area contributed by atoms with Crippen LogP contribution in [0.5, 0.6) is 0 Å². The fourth-order valence-electron chi connectivity index (χ4n) is 3.37. The lowest BCUT2D eigenvalue weighted by molar-refractivity contribution is -0.124. The minimum absolute atomic E-state index is 0.0874. The summed E-state index contributed by atoms with van der Waals surface area (Å²) < 4.78 is 0. The zero-order valence-corrected chi connectivity index (χ0v) is 19.2.